The van der Waals surface area contributed by atoms with Crippen LogP contribution in [0.5, 0.6) is 0 Å². The minimum absolute atomic E-state index is 0.262. The minimum atomic E-state index is -1.14. The predicted octanol–water partition coefficient (Wildman–Crippen LogP) is 4.62. The van der Waals surface area contributed by atoms with Crippen molar-refractivity contribution in [3.8, 4) is 0 Å². The Labute approximate surface area is 178 Å². The van der Waals surface area contributed by atoms with E-state index in [0.717, 1.165) is 30.9 Å². The normalized spacial score (nSPS) is 24.2. The Morgan fingerprint density at radius 2 is 1.93 bits per heavy atom. The van der Waals surface area contributed by atoms with Gasteiger partial charge in [-0.2, -0.15) is 0 Å². The molecule has 0 radical (unpaired) electrons. The fourth-order valence-corrected chi connectivity index (χ4v) is 5.18. The fraction of sp³-hybridized carbons (Fsp3) is 0.667. The van der Waals surface area contributed by atoms with Crippen molar-refractivity contribution in [1.82, 2.24) is 0 Å². The van der Waals surface area contributed by atoms with E-state index in [4.69, 9.17) is 4.74 Å². The SMILES string of the molecule is C=CC(O)C(O)C/C=C/C(O)CC(=C)CC(C)C[C@@H]1CC=CC(C[Si](C)(C)C)O1. The molecule has 5 unspecified atom stereocenters. The van der Waals surface area contributed by atoms with E-state index in [2.05, 4.69) is 51.9 Å². The Balaban J connectivity index is 2.35. The number of hydrogen-bond acceptors (Lipinski definition) is 4. The van der Waals surface area contributed by atoms with E-state index in [1.807, 2.05) is 0 Å². The van der Waals surface area contributed by atoms with Crippen molar-refractivity contribution in [2.45, 2.75) is 95.2 Å². The zero-order chi connectivity index (χ0) is 22.0. The Morgan fingerprint density at radius 3 is 2.55 bits per heavy atom. The topological polar surface area (TPSA) is 69.9 Å². The number of hydrogen-bond donors (Lipinski definition) is 3. The molecule has 5 heteroatoms. The van der Waals surface area contributed by atoms with Crippen LogP contribution >= 0.6 is 0 Å². The van der Waals surface area contributed by atoms with Crippen LogP contribution in [0.25, 0.3) is 0 Å². The van der Waals surface area contributed by atoms with E-state index in [9.17, 15) is 15.3 Å². The van der Waals surface area contributed by atoms with Crippen LogP contribution in [0.1, 0.15) is 39.0 Å². The molecule has 6 atom stereocenters. The van der Waals surface area contributed by atoms with Crippen LogP contribution in [0.15, 0.2) is 49.1 Å². The van der Waals surface area contributed by atoms with Crippen LogP contribution in [0.4, 0.5) is 0 Å². The summed E-state index contributed by atoms with van der Waals surface area (Å²) in [5, 5.41) is 29.3. The van der Waals surface area contributed by atoms with Crippen molar-refractivity contribution in [2.24, 2.45) is 5.92 Å². The van der Waals surface area contributed by atoms with Gasteiger partial charge in [-0.3, -0.25) is 0 Å². The summed E-state index contributed by atoms with van der Waals surface area (Å²) in [5.41, 5.74) is 1.02. The molecule has 0 saturated carbocycles. The van der Waals surface area contributed by atoms with Crippen LogP contribution in [0, 0.1) is 5.92 Å². The highest BCUT2D eigenvalue weighted by Gasteiger charge is 2.25. The van der Waals surface area contributed by atoms with Crippen molar-refractivity contribution in [2.75, 3.05) is 0 Å². The summed E-state index contributed by atoms with van der Waals surface area (Å²) < 4.78 is 6.31. The zero-order valence-electron chi connectivity index (χ0n) is 18.8. The predicted molar refractivity (Wildman–Crippen MR) is 125 cm³/mol. The third kappa shape index (κ3) is 11.7. The smallest absolute Gasteiger partial charge is 0.0980 e. The maximum absolute atomic E-state index is 10.2. The van der Waals surface area contributed by atoms with E-state index < -0.39 is 26.4 Å². The molecule has 166 valence electrons. The highest BCUT2D eigenvalue weighted by molar-refractivity contribution is 6.76. The summed E-state index contributed by atoms with van der Waals surface area (Å²) in [6.45, 7) is 16.9. The summed E-state index contributed by atoms with van der Waals surface area (Å²) >= 11 is 0. The summed E-state index contributed by atoms with van der Waals surface area (Å²) in [6, 6.07) is 1.16. The van der Waals surface area contributed by atoms with Gasteiger partial charge in [-0.1, -0.05) is 69.1 Å². The molecule has 1 aliphatic rings. The summed E-state index contributed by atoms with van der Waals surface area (Å²) in [4.78, 5) is 0. The summed E-state index contributed by atoms with van der Waals surface area (Å²) in [7, 11) is -1.14. The Morgan fingerprint density at radius 1 is 1.24 bits per heavy atom. The molecule has 0 amide bonds. The maximum atomic E-state index is 10.2. The summed E-state index contributed by atoms with van der Waals surface area (Å²) in [5.74, 6) is 0.451. The lowest BCUT2D eigenvalue weighted by atomic mass is 9.92. The lowest BCUT2D eigenvalue weighted by molar-refractivity contribution is 0.00241. The van der Waals surface area contributed by atoms with Gasteiger partial charge in [0.15, 0.2) is 0 Å². The fourth-order valence-electron chi connectivity index (χ4n) is 3.75. The van der Waals surface area contributed by atoms with Crippen molar-refractivity contribution < 1.29 is 20.1 Å². The Kier molecular flexibility index (Phi) is 11.4. The van der Waals surface area contributed by atoms with Gasteiger partial charge in [-0.05, 0) is 44.1 Å². The average molecular weight is 423 g/mol. The van der Waals surface area contributed by atoms with Gasteiger partial charge in [0.2, 0.25) is 0 Å². The van der Waals surface area contributed by atoms with Gasteiger partial charge in [-0.25, -0.2) is 0 Å². The first kappa shape index (κ1) is 26.1. The van der Waals surface area contributed by atoms with Gasteiger partial charge in [-0.15, -0.1) is 6.58 Å². The first-order chi connectivity index (χ1) is 13.5. The lowest BCUT2D eigenvalue weighted by Crippen LogP contribution is -2.32. The molecule has 0 aromatic heterocycles. The molecule has 3 N–H and O–H groups in total. The van der Waals surface area contributed by atoms with Gasteiger partial charge in [0.1, 0.15) is 0 Å². The molecule has 4 nitrogen and oxygen atoms in total. The molecule has 1 aliphatic heterocycles. The molecule has 1 heterocycles. The molecule has 0 saturated heterocycles. The second kappa shape index (κ2) is 12.7. The van der Waals surface area contributed by atoms with E-state index in [0.29, 0.717) is 12.3 Å². The third-order valence-electron chi connectivity index (χ3n) is 5.10. The lowest BCUT2D eigenvalue weighted by Gasteiger charge is -2.31. The van der Waals surface area contributed by atoms with Crippen LogP contribution in [-0.2, 0) is 4.74 Å². The molecule has 1 rings (SSSR count). The van der Waals surface area contributed by atoms with Gasteiger partial charge in [0, 0.05) is 8.07 Å². The zero-order valence-corrected chi connectivity index (χ0v) is 19.8. The summed E-state index contributed by atoms with van der Waals surface area (Å²) in [6.07, 6.45) is 10.8. The van der Waals surface area contributed by atoms with Crippen molar-refractivity contribution >= 4 is 8.07 Å². The van der Waals surface area contributed by atoms with E-state index >= 15 is 0 Å². The van der Waals surface area contributed by atoms with Crippen molar-refractivity contribution in [3.63, 3.8) is 0 Å². The van der Waals surface area contributed by atoms with Crippen LogP contribution in [0.2, 0.25) is 25.7 Å². The third-order valence-corrected chi connectivity index (χ3v) is 6.73. The second-order valence-electron chi connectivity index (χ2n) is 9.75. The quantitative estimate of drug-likeness (QED) is 0.299. The van der Waals surface area contributed by atoms with Gasteiger partial charge in [0.25, 0.3) is 0 Å². The Bertz CT molecular complexity index is 564. The molecule has 29 heavy (non-hydrogen) atoms. The number of rotatable bonds is 13. The molecule has 0 aliphatic carbocycles. The minimum Gasteiger partial charge on any atom is -0.390 e. The average Bonchev–Trinajstić information content (AvgIpc) is 2.59. The number of ether oxygens (including phenoxy) is 1. The molecule has 0 fully saturated rings. The second-order valence-corrected chi connectivity index (χ2v) is 15.3. The van der Waals surface area contributed by atoms with Crippen LogP contribution < -0.4 is 0 Å². The van der Waals surface area contributed by atoms with Crippen LogP contribution in [0.3, 0.4) is 0 Å². The molecule has 0 spiro atoms. The molecule has 0 aromatic carbocycles. The highest BCUT2D eigenvalue weighted by atomic mass is 28.3. The number of aliphatic hydroxyl groups is 3. The van der Waals surface area contributed by atoms with E-state index in [1.54, 1.807) is 12.2 Å². The highest BCUT2D eigenvalue weighted by Crippen LogP contribution is 2.27. The van der Waals surface area contributed by atoms with Gasteiger partial charge >= 0.3 is 0 Å². The van der Waals surface area contributed by atoms with Gasteiger partial charge < -0.3 is 20.1 Å². The molecule has 0 bridgehead atoms. The van der Waals surface area contributed by atoms with E-state index in [1.165, 1.54) is 6.08 Å². The maximum Gasteiger partial charge on any atom is 0.0980 e. The largest absolute Gasteiger partial charge is 0.390 e. The van der Waals surface area contributed by atoms with Gasteiger partial charge in [0.05, 0.1) is 30.5 Å². The molecule has 0 aromatic rings. The monoisotopic (exact) mass is 422 g/mol. The molecular weight excluding hydrogens is 380 g/mol. The van der Waals surface area contributed by atoms with Crippen LogP contribution in [-0.4, -0.2) is 53.9 Å². The number of aliphatic hydroxyl groups excluding tert-OH is 3. The van der Waals surface area contributed by atoms with Crippen molar-refractivity contribution in [1.29, 1.82) is 0 Å². The Hall–Kier alpha value is -0.983. The van der Waals surface area contributed by atoms with Crippen molar-refractivity contribution in [3.05, 3.63) is 49.1 Å². The standard InChI is InChI=1S/C24H42O4Si/c1-7-23(26)24(27)13-8-10-20(25)15-18(2)14-19(3)16-21-11-9-12-22(28-21)17-29(4,5)6/h7-10,12,19-27H,1-2,11,13-17H2,3-6H3/b10-8+/t19?,20?,21-,22?,23?,24?/m0/s1. The molecular formula is C24H42O4Si. The first-order valence-electron chi connectivity index (χ1n) is 10.8. The first-order valence-corrected chi connectivity index (χ1v) is 14.5. The van der Waals surface area contributed by atoms with E-state index in [-0.39, 0.29) is 18.6 Å².